The molecular formula is C17H20O2. The highest BCUT2D eigenvalue weighted by Gasteiger charge is 2.15. The van der Waals surface area contributed by atoms with E-state index in [1.165, 1.54) is 0 Å². The maximum atomic E-state index is 10.2. The molecule has 2 N–H and O–H groups in total. The Morgan fingerprint density at radius 1 is 0.789 bits per heavy atom. The van der Waals surface area contributed by atoms with Gasteiger partial charge in [-0.3, -0.25) is 0 Å². The number of aliphatic hydroxyl groups is 2. The minimum atomic E-state index is -0.643. The van der Waals surface area contributed by atoms with E-state index < -0.39 is 12.2 Å². The van der Waals surface area contributed by atoms with E-state index in [4.69, 9.17) is 0 Å². The fourth-order valence-electron chi connectivity index (χ4n) is 2.24. The predicted molar refractivity (Wildman–Crippen MR) is 76.9 cm³/mol. The average molecular weight is 256 g/mol. The van der Waals surface area contributed by atoms with Crippen molar-refractivity contribution < 1.29 is 10.2 Å². The van der Waals surface area contributed by atoms with Crippen molar-refractivity contribution in [3.63, 3.8) is 0 Å². The van der Waals surface area contributed by atoms with Crippen LogP contribution in [0.15, 0.2) is 48.5 Å². The first kappa shape index (κ1) is 13.8. The Kier molecular flexibility index (Phi) is 4.35. The molecule has 0 saturated carbocycles. The summed E-state index contributed by atoms with van der Waals surface area (Å²) in [5.74, 6) is 0. The summed E-state index contributed by atoms with van der Waals surface area (Å²) < 4.78 is 0. The Bertz CT molecular complexity index is 499. The number of benzene rings is 2. The predicted octanol–water partition coefficient (Wildman–Crippen LogP) is 3.46. The highest BCUT2D eigenvalue weighted by molar-refractivity contribution is 5.26. The Hall–Kier alpha value is -1.64. The molecule has 0 amide bonds. The lowest BCUT2D eigenvalue weighted by Gasteiger charge is -2.17. The molecule has 0 unspecified atom stereocenters. The van der Waals surface area contributed by atoms with Gasteiger partial charge >= 0.3 is 0 Å². The van der Waals surface area contributed by atoms with Crippen molar-refractivity contribution in [3.8, 4) is 0 Å². The summed E-state index contributed by atoms with van der Waals surface area (Å²) in [6.07, 6.45) is -0.974. The molecule has 2 nitrogen and oxygen atoms in total. The Morgan fingerprint density at radius 3 is 1.58 bits per heavy atom. The highest BCUT2D eigenvalue weighted by atomic mass is 16.3. The molecule has 2 heteroatoms. The van der Waals surface area contributed by atoms with Crippen molar-refractivity contribution in [2.45, 2.75) is 32.5 Å². The van der Waals surface area contributed by atoms with E-state index in [2.05, 4.69) is 0 Å². The smallest absolute Gasteiger partial charge is 0.0818 e. The standard InChI is InChI=1S/C17H20O2/c1-12-5-3-7-14(9-12)16(18)11-17(19)15-8-4-6-13(2)10-15/h3-10,16-19H,11H2,1-2H3/t16-,17-/m0/s1. The first-order valence-electron chi connectivity index (χ1n) is 6.55. The Labute approximate surface area is 114 Å². The summed E-state index contributed by atoms with van der Waals surface area (Å²) in [5, 5.41) is 20.4. The fourth-order valence-corrected chi connectivity index (χ4v) is 2.24. The minimum Gasteiger partial charge on any atom is -0.388 e. The van der Waals surface area contributed by atoms with Crippen molar-refractivity contribution >= 4 is 0 Å². The van der Waals surface area contributed by atoms with Gasteiger partial charge in [0.2, 0.25) is 0 Å². The van der Waals surface area contributed by atoms with Gasteiger partial charge in [-0.1, -0.05) is 59.7 Å². The van der Waals surface area contributed by atoms with Crippen LogP contribution < -0.4 is 0 Å². The monoisotopic (exact) mass is 256 g/mol. The van der Waals surface area contributed by atoms with Gasteiger partial charge < -0.3 is 10.2 Å². The van der Waals surface area contributed by atoms with Gasteiger partial charge in [-0.05, 0) is 25.0 Å². The van der Waals surface area contributed by atoms with Gasteiger partial charge in [0.05, 0.1) is 12.2 Å². The number of rotatable bonds is 4. The van der Waals surface area contributed by atoms with Crippen LogP contribution in [0.25, 0.3) is 0 Å². The molecule has 0 bridgehead atoms. The molecule has 100 valence electrons. The molecule has 0 spiro atoms. The number of hydrogen-bond donors (Lipinski definition) is 2. The van der Waals surface area contributed by atoms with E-state index in [0.29, 0.717) is 6.42 Å². The van der Waals surface area contributed by atoms with Gasteiger partial charge in [-0.15, -0.1) is 0 Å². The van der Waals surface area contributed by atoms with Crippen LogP contribution in [-0.4, -0.2) is 10.2 Å². The molecule has 0 radical (unpaired) electrons. The second-order valence-electron chi connectivity index (χ2n) is 5.10. The Morgan fingerprint density at radius 2 is 1.21 bits per heavy atom. The number of aliphatic hydroxyl groups excluding tert-OH is 2. The third-order valence-electron chi connectivity index (χ3n) is 3.30. The lowest BCUT2D eigenvalue weighted by molar-refractivity contribution is 0.0803. The van der Waals surface area contributed by atoms with Gasteiger partial charge in [-0.25, -0.2) is 0 Å². The van der Waals surface area contributed by atoms with Crippen molar-refractivity contribution in [2.24, 2.45) is 0 Å². The van der Waals surface area contributed by atoms with Crippen molar-refractivity contribution in [1.82, 2.24) is 0 Å². The first-order valence-corrected chi connectivity index (χ1v) is 6.55. The third kappa shape index (κ3) is 3.66. The second kappa shape index (κ2) is 6.00. The third-order valence-corrected chi connectivity index (χ3v) is 3.30. The van der Waals surface area contributed by atoms with E-state index in [-0.39, 0.29) is 0 Å². The molecule has 0 aliphatic carbocycles. The topological polar surface area (TPSA) is 40.5 Å². The van der Waals surface area contributed by atoms with Crippen LogP contribution in [0, 0.1) is 13.8 Å². The van der Waals surface area contributed by atoms with E-state index in [0.717, 1.165) is 22.3 Å². The normalized spacial score (nSPS) is 14.1. The largest absolute Gasteiger partial charge is 0.388 e. The first-order chi connectivity index (χ1) is 9.06. The zero-order valence-electron chi connectivity index (χ0n) is 11.4. The summed E-state index contributed by atoms with van der Waals surface area (Å²) in [5.41, 5.74) is 3.93. The number of aryl methyl sites for hydroxylation is 2. The average Bonchev–Trinajstić information content (AvgIpc) is 2.38. The molecule has 0 aromatic heterocycles. The lowest BCUT2D eigenvalue weighted by atomic mass is 9.97. The molecule has 0 aliphatic heterocycles. The SMILES string of the molecule is Cc1cccc([C@@H](O)C[C@H](O)c2cccc(C)c2)c1. The molecule has 2 atom stereocenters. The van der Waals surface area contributed by atoms with E-state index in [9.17, 15) is 10.2 Å². The van der Waals surface area contributed by atoms with Crippen molar-refractivity contribution in [3.05, 3.63) is 70.8 Å². The van der Waals surface area contributed by atoms with Crippen molar-refractivity contribution in [2.75, 3.05) is 0 Å². The lowest BCUT2D eigenvalue weighted by Crippen LogP contribution is -2.06. The summed E-state index contributed by atoms with van der Waals surface area (Å²) in [4.78, 5) is 0. The van der Waals surface area contributed by atoms with Crippen LogP contribution in [0.2, 0.25) is 0 Å². The number of hydrogen-bond acceptors (Lipinski definition) is 2. The molecule has 0 saturated heterocycles. The van der Waals surface area contributed by atoms with Gasteiger partial charge in [0.25, 0.3) is 0 Å². The highest BCUT2D eigenvalue weighted by Crippen LogP contribution is 2.27. The van der Waals surface area contributed by atoms with E-state index in [1.807, 2.05) is 62.4 Å². The van der Waals surface area contributed by atoms with Gasteiger partial charge in [0.1, 0.15) is 0 Å². The fraction of sp³-hybridized carbons (Fsp3) is 0.294. The van der Waals surface area contributed by atoms with Gasteiger partial charge in [0, 0.05) is 6.42 Å². The molecule has 0 heterocycles. The van der Waals surface area contributed by atoms with Crippen LogP contribution in [0.4, 0.5) is 0 Å². The second-order valence-corrected chi connectivity index (χ2v) is 5.10. The van der Waals surface area contributed by atoms with Crippen LogP contribution in [0.3, 0.4) is 0 Å². The van der Waals surface area contributed by atoms with Crippen molar-refractivity contribution in [1.29, 1.82) is 0 Å². The molecule has 19 heavy (non-hydrogen) atoms. The molecule has 2 aromatic rings. The van der Waals surface area contributed by atoms with Gasteiger partial charge in [-0.2, -0.15) is 0 Å². The van der Waals surface area contributed by atoms with Crippen LogP contribution in [0.5, 0.6) is 0 Å². The molecule has 0 fully saturated rings. The van der Waals surface area contributed by atoms with E-state index >= 15 is 0 Å². The quantitative estimate of drug-likeness (QED) is 0.879. The van der Waals surface area contributed by atoms with Crippen LogP contribution in [0.1, 0.15) is 40.9 Å². The van der Waals surface area contributed by atoms with Crippen LogP contribution >= 0.6 is 0 Å². The maximum Gasteiger partial charge on any atom is 0.0818 e. The zero-order valence-corrected chi connectivity index (χ0v) is 11.4. The minimum absolute atomic E-state index is 0.312. The summed E-state index contributed by atoms with van der Waals surface area (Å²) in [6.45, 7) is 3.99. The summed E-state index contributed by atoms with van der Waals surface area (Å²) >= 11 is 0. The molecule has 2 aromatic carbocycles. The summed E-state index contributed by atoms with van der Waals surface area (Å²) in [6, 6.07) is 15.5. The maximum absolute atomic E-state index is 10.2. The molecular weight excluding hydrogens is 236 g/mol. The summed E-state index contributed by atoms with van der Waals surface area (Å²) in [7, 11) is 0. The van der Waals surface area contributed by atoms with E-state index in [1.54, 1.807) is 0 Å². The Balaban J connectivity index is 2.08. The zero-order chi connectivity index (χ0) is 13.8. The molecule has 0 aliphatic rings. The molecule has 2 rings (SSSR count). The van der Waals surface area contributed by atoms with Crippen LogP contribution in [-0.2, 0) is 0 Å². The van der Waals surface area contributed by atoms with Gasteiger partial charge in [0.15, 0.2) is 0 Å².